The van der Waals surface area contributed by atoms with Crippen LogP contribution in [0.3, 0.4) is 0 Å². The predicted octanol–water partition coefficient (Wildman–Crippen LogP) is 3.48. The van der Waals surface area contributed by atoms with Gasteiger partial charge in [-0.2, -0.15) is 0 Å². The summed E-state index contributed by atoms with van der Waals surface area (Å²) in [4.78, 5) is 17.1. The second-order valence-electron chi connectivity index (χ2n) is 6.29. The van der Waals surface area contributed by atoms with Crippen LogP contribution in [0.1, 0.15) is 10.4 Å². The topological polar surface area (TPSA) is 32.8 Å². The maximum Gasteiger partial charge on any atom is 0.187 e. The van der Waals surface area contributed by atoms with E-state index >= 15 is 0 Å². The van der Waals surface area contributed by atoms with Crippen molar-refractivity contribution >= 4 is 11.5 Å². The fourth-order valence-electron chi connectivity index (χ4n) is 3.22. The van der Waals surface area contributed by atoms with E-state index in [1.54, 1.807) is 7.11 Å². The zero-order valence-electron chi connectivity index (χ0n) is 14.9. The monoisotopic (exact) mass is 336 g/mol. The number of likely N-dealkylation sites (N-methyl/N-ethyl adjacent to an activating group) is 1. The number of ether oxygens (including phenoxy) is 1. The molecule has 1 fully saturated rings. The van der Waals surface area contributed by atoms with Crippen molar-refractivity contribution in [3.8, 4) is 16.9 Å². The van der Waals surface area contributed by atoms with Crippen molar-refractivity contribution in [2.24, 2.45) is 0 Å². The highest BCUT2D eigenvalue weighted by molar-refractivity contribution is 6.09. The number of carbonyl (C=O) groups is 1. The molecule has 4 nitrogen and oxygen atoms in total. The summed E-state index contributed by atoms with van der Waals surface area (Å²) in [5.41, 5.74) is 3.63. The molecule has 3 rings (SSSR count). The van der Waals surface area contributed by atoms with Crippen LogP contribution in [0.4, 0.5) is 5.69 Å². The van der Waals surface area contributed by atoms with Crippen LogP contribution in [-0.2, 0) is 0 Å². The molecule has 1 aliphatic rings. The molecule has 4 heteroatoms. The second kappa shape index (κ2) is 7.53. The minimum Gasteiger partial charge on any atom is -0.496 e. The van der Waals surface area contributed by atoms with Gasteiger partial charge in [0, 0.05) is 43.0 Å². The van der Waals surface area contributed by atoms with Crippen LogP contribution in [0.25, 0.3) is 11.1 Å². The van der Waals surface area contributed by atoms with Crippen molar-refractivity contribution in [1.82, 2.24) is 4.90 Å². The Labute approximate surface area is 149 Å². The summed E-state index contributed by atoms with van der Waals surface area (Å²) in [7, 11) is 3.78. The molecule has 25 heavy (non-hydrogen) atoms. The van der Waals surface area contributed by atoms with Gasteiger partial charge in [0.05, 0.1) is 7.11 Å². The summed E-state index contributed by atoms with van der Waals surface area (Å²) in [6.07, 6.45) is 1.39. The quantitative estimate of drug-likeness (QED) is 0.618. The van der Waals surface area contributed by atoms with Gasteiger partial charge in [0.2, 0.25) is 0 Å². The molecule has 0 aliphatic carbocycles. The molecule has 2 aromatic carbocycles. The third kappa shape index (κ3) is 3.59. The van der Waals surface area contributed by atoms with Crippen LogP contribution in [0.5, 0.6) is 5.75 Å². The van der Waals surface area contributed by atoms with Crippen molar-refractivity contribution in [2.45, 2.75) is 0 Å². The Hall–Kier alpha value is -2.59. The van der Waals surface area contributed by atoms with Gasteiger partial charge in [-0.25, -0.2) is 0 Å². The van der Waals surface area contributed by atoms with Gasteiger partial charge in [-0.1, -0.05) is 30.8 Å². The van der Waals surface area contributed by atoms with Gasteiger partial charge in [-0.05, 0) is 36.9 Å². The number of hydrogen-bond donors (Lipinski definition) is 0. The number of methoxy groups -OCH3 is 1. The lowest BCUT2D eigenvalue weighted by atomic mass is 9.98. The van der Waals surface area contributed by atoms with Crippen molar-refractivity contribution in [3.63, 3.8) is 0 Å². The van der Waals surface area contributed by atoms with Gasteiger partial charge in [0.15, 0.2) is 5.78 Å². The molecule has 0 bridgehead atoms. The molecule has 2 aromatic rings. The summed E-state index contributed by atoms with van der Waals surface area (Å²) in [6, 6.07) is 13.9. The fourth-order valence-corrected chi connectivity index (χ4v) is 3.22. The number of allylic oxidation sites excluding steroid dienone is 1. The number of piperazine rings is 1. The minimum absolute atomic E-state index is 0.0503. The zero-order valence-corrected chi connectivity index (χ0v) is 14.9. The van der Waals surface area contributed by atoms with Gasteiger partial charge < -0.3 is 14.5 Å². The number of para-hydroxylation sites is 1. The molecule has 0 spiro atoms. The average Bonchev–Trinajstić information content (AvgIpc) is 2.67. The highest BCUT2D eigenvalue weighted by Gasteiger charge is 2.20. The van der Waals surface area contributed by atoms with E-state index in [9.17, 15) is 4.79 Å². The van der Waals surface area contributed by atoms with Crippen LogP contribution >= 0.6 is 0 Å². The Bertz CT molecular complexity index is 777. The number of nitrogens with zero attached hydrogens (tertiary/aromatic N) is 2. The normalized spacial score (nSPS) is 15.0. The minimum atomic E-state index is -0.0503. The number of rotatable bonds is 5. The molecule has 0 radical (unpaired) electrons. The molecule has 1 aliphatic heterocycles. The SMILES string of the molecule is C=CC(=O)c1cc(-c2ccccc2OC)ccc1N1CCN(C)CC1. The lowest BCUT2D eigenvalue weighted by Crippen LogP contribution is -2.45. The maximum absolute atomic E-state index is 12.5. The third-order valence-corrected chi connectivity index (χ3v) is 4.71. The summed E-state index contributed by atoms with van der Waals surface area (Å²) in [6.45, 7) is 7.50. The van der Waals surface area contributed by atoms with E-state index in [1.165, 1.54) is 6.08 Å². The Morgan fingerprint density at radius 1 is 1.12 bits per heavy atom. The molecule has 0 aromatic heterocycles. The van der Waals surface area contributed by atoms with Gasteiger partial charge >= 0.3 is 0 Å². The molecule has 0 amide bonds. The van der Waals surface area contributed by atoms with Crippen molar-refractivity contribution in [3.05, 3.63) is 60.7 Å². The van der Waals surface area contributed by atoms with Crippen LogP contribution in [0.15, 0.2) is 55.1 Å². The van der Waals surface area contributed by atoms with Gasteiger partial charge in [0.1, 0.15) is 5.75 Å². The summed E-state index contributed by atoms with van der Waals surface area (Å²) >= 11 is 0. The lowest BCUT2D eigenvalue weighted by molar-refractivity contribution is 0.104. The average molecular weight is 336 g/mol. The Morgan fingerprint density at radius 2 is 1.84 bits per heavy atom. The van der Waals surface area contributed by atoms with Gasteiger partial charge in [-0.15, -0.1) is 0 Å². The Morgan fingerprint density at radius 3 is 2.52 bits per heavy atom. The number of benzene rings is 2. The maximum atomic E-state index is 12.5. The van der Waals surface area contributed by atoms with Crippen LogP contribution in [-0.4, -0.2) is 51.0 Å². The first kappa shape index (κ1) is 17.2. The van der Waals surface area contributed by atoms with E-state index in [-0.39, 0.29) is 5.78 Å². The summed E-state index contributed by atoms with van der Waals surface area (Å²) < 4.78 is 5.46. The first-order valence-corrected chi connectivity index (χ1v) is 8.51. The van der Waals surface area contributed by atoms with Gasteiger partial charge in [0.25, 0.3) is 0 Å². The smallest absolute Gasteiger partial charge is 0.187 e. The number of hydrogen-bond acceptors (Lipinski definition) is 4. The molecule has 0 unspecified atom stereocenters. The molecular weight excluding hydrogens is 312 g/mol. The largest absolute Gasteiger partial charge is 0.496 e. The highest BCUT2D eigenvalue weighted by atomic mass is 16.5. The summed E-state index contributed by atoms with van der Waals surface area (Å²) in [5.74, 6) is 0.748. The number of anilines is 1. The molecule has 0 N–H and O–H groups in total. The number of ketones is 1. The first-order valence-electron chi connectivity index (χ1n) is 8.51. The molecule has 1 saturated heterocycles. The van der Waals surface area contributed by atoms with Crippen molar-refractivity contribution in [1.29, 1.82) is 0 Å². The molecular formula is C21H24N2O2. The zero-order chi connectivity index (χ0) is 17.8. The predicted molar refractivity (Wildman–Crippen MR) is 103 cm³/mol. The molecule has 130 valence electrons. The molecule has 1 heterocycles. The molecule has 0 atom stereocenters. The van der Waals surface area contributed by atoms with E-state index in [0.29, 0.717) is 5.56 Å². The van der Waals surface area contributed by atoms with Crippen LogP contribution in [0.2, 0.25) is 0 Å². The fraction of sp³-hybridized carbons (Fsp3) is 0.286. The van der Waals surface area contributed by atoms with Crippen molar-refractivity contribution in [2.75, 3.05) is 45.2 Å². The van der Waals surface area contributed by atoms with E-state index in [4.69, 9.17) is 4.74 Å². The van der Waals surface area contributed by atoms with Crippen LogP contribution < -0.4 is 9.64 Å². The van der Waals surface area contributed by atoms with E-state index < -0.39 is 0 Å². The Balaban J connectivity index is 2.04. The second-order valence-corrected chi connectivity index (χ2v) is 6.29. The highest BCUT2D eigenvalue weighted by Crippen LogP contribution is 2.33. The Kier molecular flexibility index (Phi) is 5.19. The van der Waals surface area contributed by atoms with E-state index in [1.807, 2.05) is 36.4 Å². The van der Waals surface area contributed by atoms with Gasteiger partial charge in [-0.3, -0.25) is 4.79 Å². The van der Waals surface area contributed by atoms with E-state index in [2.05, 4.69) is 29.5 Å². The van der Waals surface area contributed by atoms with Crippen molar-refractivity contribution < 1.29 is 9.53 Å². The van der Waals surface area contributed by atoms with E-state index in [0.717, 1.165) is 48.7 Å². The summed E-state index contributed by atoms with van der Waals surface area (Å²) in [5, 5.41) is 0. The lowest BCUT2D eigenvalue weighted by Gasteiger charge is -2.35. The van der Waals surface area contributed by atoms with Crippen LogP contribution in [0, 0.1) is 0 Å². The first-order chi connectivity index (χ1) is 12.1. The number of carbonyl (C=O) groups excluding carboxylic acids is 1. The third-order valence-electron chi connectivity index (χ3n) is 4.71. The molecule has 0 saturated carbocycles. The standard InChI is InChI=1S/C21H24N2O2/c1-4-20(24)18-15-16(17-7-5-6-8-21(17)25-3)9-10-19(18)23-13-11-22(2)12-14-23/h4-10,15H,1,11-14H2,2-3H3.